The maximum Gasteiger partial charge on any atom is 0.233 e. The standard InChI is InChI=1S/C30H37NO5/c1-4-8-20-16-23-28(30(36)31(3)29(23)35)24(17-32)27(20)26(34)13-11-18(5-2)15-19-12-14-25(33)22-10-7-6-9-21(19)22/h6-7,9-10,12,14-15,23-24,26,28,32-34H,4-5,8,11,13,16-17H2,1-3H3/b18-15+/t23-,24+,26-,28-/m1/s1. The van der Waals surface area contributed by atoms with E-state index in [0.717, 1.165) is 46.7 Å². The summed E-state index contributed by atoms with van der Waals surface area (Å²) in [7, 11) is 1.51. The fourth-order valence-corrected chi connectivity index (χ4v) is 6.14. The molecule has 1 heterocycles. The first kappa shape index (κ1) is 26.1. The molecule has 0 saturated carbocycles. The molecule has 1 aliphatic carbocycles. The van der Waals surface area contributed by atoms with E-state index in [4.69, 9.17) is 0 Å². The number of carbonyl (C=O) groups is 2. The van der Waals surface area contributed by atoms with Gasteiger partial charge in [-0.1, -0.05) is 67.8 Å². The van der Waals surface area contributed by atoms with E-state index in [0.29, 0.717) is 19.3 Å². The summed E-state index contributed by atoms with van der Waals surface area (Å²) < 4.78 is 0. The summed E-state index contributed by atoms with van der Waals surface area (Å²) in [5.74, 6) is -1.74. The number of nitrogens with zero attached hydrogens (tertiary/aromatic N) is 1. The van der Waals surface area contributed by atoms with Crippen LogP contribution in [-0.4, -0.2) is 51.8 Å². The van der Waals surface area contributed by atoms with Crippen molar-refractivity contribution in [3.05, 3.63) is 58.7 Å². The molecule has 1 fully saturated rings. The van der Waals surface area contributed by atoms with Crippen LogP contribution in [0, 0.1) is 17.8 Å². The van der Waals surface area contributed by atoms with E-state index in [1.54, 1.807) is 6.07 Å². The largest absolute Gasteiger partial charge is 0.507 e. The van der Waals surface area contributed by atoms with Gasteiger partial charge in [0.1, 0.15) is 5.75 Å². The number of fused-ring (bicyclic) bond motifs is 2. The van der Waals surface area contributed by atoms with Crippen molar-refractivity contribution in [3.63, 3.8) is 0 Å². The second kappa shape index (κ2) is 11.0. The Morgan fingerprint density at radius 3 is 2.50 bits per heavy atom. The fraction of sp³-hybridized carbons (Fsp3) is 0.467. The first-order valence-corrected chi connectivity index (χ1v) is 13.0. The topological polar surface area (TPSA) is 98.1 Å². The molecular formula is C30H37NO5. The van der Waals surface area contributed by atoms with Gasteiger partial charge < -0.3 is 15.3 Å². The quantitative estimate of drug-likeness (QED) is 0.345. The Kier molecular flexibility index (Phi) is 7.96. The summed E-state index contributed by atoms with van der Waals surface area (Å²) in [6.45, 7) is 3.89. The maximum absolute atomic E-state index is 12.9. The molecule has 36 heavy (non-hydrogen) atoms. The lowest BCUT2D eigenvalue weighted by molar-refractivity contribution is -0.138. The van der Waals surface area contributed by atoms with Crippen LogP contribution < -0.4 is 0 Å². The van der Waals surface area contributed by atoms with Crippen molar-refractivity contribution >= 4 is 28.7 Å². The Morgan fingerprint density at radius 2 is 1.83 bits per heavy atom. The highest BCUT2D eigenvalue weighted by molar-refractivity contribution is 6.05. The lowest BCUT2D eigenvalue weighted by Gasteiger charge is -2.36. The molecule has 0 spiro atoms. The first-order valence-electron chi connectivity index (χ1n) is 13.0. The van der Waals surface area contributed by atoms with Gasteiger partial charge in [0, 0.05) is 18.4 Å². The monoisotopic (exact) mass is 491 g/mol. The van der Waals surface area contributed by atoms with Crippen LogP contribution in [0.15, 0.2) is 53.1 Å². The van der Waals surface area contributed by atoms with Gasteiger partial charge in [0.25, 0.3) is 0 Å². The molecule has 1 aliphatic heterocycles. The number of amides is 2. The second-order valence-electron chi connectivity index (χ2n) is 10.1. The molecule has 192 valence electrons. The molecule has 2 aromatic carbocycles. The van der Waals surface area contributed by atoms with Crippen LogP contribution in [0.25, 0.3) is 16.8 Å². The number of allylic oxidation sites excluding steroid dienone is 2. The van der Waals surface area contributed by atoms with E-state index in [1.165, 1.54) is 17.5 Å². The van der Waals surface area contributed by atoms with Crippen molar-refractivity contribution in [3.8, 4) is 5.75 Å². The van der Waals surface area contributed by atoms with Crippen LogP contribution in [0.3, 0.4) is 0 Å². The zero-order valence-electron chi connectivity index (χ0n) is 21.4. The molecular weight excluding hydrogens is 454 g/mol. The summed E-state index contributed by atoms with van der Waals surface area (Å²) in [6.07, 6.45) is 5.38. The molecule has 3 N–H and O–H groups in total. The third-order valence-corrected chi connectivity index (χ3v) is 8.00. The van der Waals surface area contributed by atoms with Crippen molar-refractivity contribution in [1.29, 1.82) is 0 Å². The van der Waals surface area contributed by atoms with Gasteiger partial charge in [-0.3, -0.25) is 14.5 Å². The minimum absolute atomic E-state index is 0.178. The minimum Gasteiger partial charge on any atom is -0.507 e. The average Bonchev–Trinajstić information content (AvgIpc) is 3.10. The van der Waals surface area contributed by atoms with Gasteiger partial charge in [-0.25, -0.2) is 0 Å². The number of phenolic OH excluding ortho intramolecular Hbond substituents is 1. The van der Waals surface area contributed by atoms with Crippen LogP contribution in [0.4, 0.5) is 0 Å². The summed E-state index contributed by atoms with van der Waals surface area (Å²) in [5.41, 5.74) is 3.98. The van der Waals surface area contributed by atoms with E-state index >= 15 is 0 Å². The highest BCUT2D eigenvalue weighted by Gasteiger charge is 2.53. The van der Waals surface area contributed by atoms with Crippen molar-refractivity contribution in [1.82, 2.24) is 4.90 Å². The fourth-order valence-electron chi connectivity index (χ4n) is 6.14. The second-order valence-corrected chi connectivity index (χ2v) is 10.1. The number of phenols is 1. The predicted octanol–water partition coefficient (Wildman–Crippen LogP) is 4.82. The van der Waals surface area contributed by atoms with E-state index in [-0.39, 0.29) is 24.2 Å². The molecule has 4 atom stereocenters. The highest BCUT2D eigenvalue weighted by atomic mass is 16.3. The number of benzene rings is 2. The zero-order chi connectivity index (χ0) is 26.0. The summed E-state index contributed by atoms with van der Waals surface area (Å²) >= 11 is 0. The molecule has 6 heteroatoms. The normalized spacial score (nSPS) is 23.5. The van der Waals surface area contributed by atoms with Gasteiger partial charge in [0.15, 0.2) is 0 Å². The van der Waals surface area contributed by atoms with E-state index in [9.17, 15) is 24.9 Å². The van der Waals surface area contributed by atoms with Gasteiger partial charge >= 0.3 is 0 Å². The third-order valence-electron chi connectivity index (χ3n) is 8.00. The molecule has 0 radical (unpaired) electrons. The molecule has 0 unspecified atom stereocenters. The van der Waals surface area contributed by atoms with Crippen LogP contribution in [-0.2, 0) is 9.59 Å². The van der Waals surface area contributed by atoms with Gasteiger partial charge in [-0.05, 0) is 54.7 Å². The first-order chi connectivity index (χ1) is 17.3. The lowest BCUT2D eigenvalue weighted by Crippen LogP contribution is -2.39. The van der Waals surface area contributed by atoms with Crippen molar-refractivity contribution in [2.24, 2.45) is 17.8 Å². The summed E-state index contributed by atoms with van der Waals surface area (Å²) in [5, 5.41) is 33.7. The lowest BCUT2D eigenvalue weighted by atomic mass is 9.67. The molecule has 0 bridgehead atoms. The number of carbonyl (C=O) groups excluding carboxylic acids is 2. The highest BCUT2D eigenvalue weighted by Crippen LogP contribution is 2.47. The van der Waals surface area contributed by atoms with Gasteiger partial charge in [0.2, 0.25) is 11.8 Å². The number of likely N-dealkylation sites (tertiary alicyclic amines) is 1. The molecule has 6 nitrogen and oxygen atoms in total. The summed E-state index contributed by atoms with van der Waals surface area (Å²) in [6, 6.07) is 11.4. The van der Waals surface area contributed by atoms with E-state index in [2.05, 4.69) is 19.9 Å². The van der Waals surface area contributed by atoms with Gasteiger partial charge in [-0.2, -0.15) is 0 Å². The number of aromatic hydroxyl groups is 1. The Balaban J connectivity index is 1.60. The Bertz CT molecular complexity index is 1210. The SMILES string of the molecule is CCCC1=C([C@H](O)CC/C(=C/c2ccc(O)c3ccccc23)CC)[C@H](CO)[C@@H]2C(=O)N(C)C(=O)[C@@H]2C1. The van der Waals surface area contributed by atoms with Crippen molar-refractivity contribution in [2.75, 3.05) is 13.7 Å². The molecule has 4 rings (SSSR count). The van der Waals surface area contributed by atoms with E-state index < -0.39 is 23.9 Å². The number of hydrogen-bond donors (Lipinski definition) is 3. The molecule has 2 aliphatic rings. The summed E-state index contributed by atoms with van der Waals surface area (Å²) in [4.78, 5) is 26.7. The Labute approximate surface area is 212 Å². The van der Waals surface area contributed by atoms with Crippen LogP contribution in [0.2, 0.25) is 0 Å². The molecule has 2 amide bonds. The number of aliphatic hydroxyl groups is 2. The van der Waals surface area contributed by atoms with E-state index in [1.807, 2.05) is 30.3 Å². The number of rotatable bonds is 9. The maximum atomic E-state index is 12.9. The number of hydrogen-bond acceptors (Lipinski definition) is 5. The predicted molar refractivity (Wildman–Crippen MR) is 141 cm³/mol. The molecule has 2 aromatic rings. The Morgan fingerprint density at radius 1 is 1.11 bits per heavy atom. The van der Waals surface area contributed by atoms with Crippen LogP contribution >= 0.6 is 0 Å². The Hall–Kier alpha value is -2.96. The van der Waals surface area contributed by atoms with Gasteiger partial charge in [0.05, 0.1) is 24.5 Å². The van der Waals surface area contributed by atoms with Crippen LogP contribution in [0.1, 0.15) is 57.9 Å². The number of imide groups is 1. The minimum atomic E-state index is -0.787. The van der Waals surface area contributed by atoms with Crippen molar-refractivity contribution < 1.29 is 24.9 Å². The molecule has 0 aromatic heterocycles. The van der Waals surface area contributed by atoms with Crippen molar-refractivity contribution in [2.45, 2.75) is 58.5 Å². The van der Waals surface area contributed by atoms with Crippen LogP contribution in [0.5, 0.6) is 5.75 Å². The molecule has 1 saturated heterocycles. The average molecular weight is 492 g/mol. The zero-order valence-corrected chi connectivity index (χ0v) is 21.4. The van der Waals surface area contributed by atoms with Gasteiger partial charge in [-0.15, -0.1) is 0 Å². The third kappa shape index (κ3) is 4.72. The number of aliphatic hydroxyl groups excluding tert-OH is 2. The smallest absolute Gasteiger partial charge is 0.233 e.